The Morgan fingerprint density at radius 3 is 2.95 bits per heavy atom. The third-order valence-electron chi connectivity index (χ3n) is 4.52. The lowest BCUT2D eigenvalue weighted by atomic mass is 9.89. The van der Waals surface area contributed by atoms with Crippen LogP contribution in [-0.4, -0.2) is 66.4 Å². The lowest BCUT2D eigenvalue weighted by Gasteiger charge is -2.34. The summed E-state index contributed by atoms with van der Waals surface area (Å²) < 4.78 is 5.18. The number of nitrogens with one attached hydrogen (secondary N) is 1. The van der Waals surface area contributed by atoms with Crippen LogP contribution in [0.1, 0.15) is 12.1 Å². The summed E-state index contributed by atoms with van der Waals surface area (Å²) in [5.41, 5.74) is 1.23. The fourth-order valence-corrected chi connectivity index (χ4v) is 3.51. The molecule has 1 aromatic rings. The molecule has 0 bridgehead atoms. The van der Waals surface area contributed by atoms with Gasteiger partial charge >= 0.3 is 0 Å². The van der Waals surface area contributed by atoms with Crippen molar-refractivity contribution in [3.05, 3.63) is 18.0 Å². The van der Waals surface area contributed by atoms with Gasteiger partial charge in [0.1, 0.15) is 0 Å². The molecule has 0 aromatic carbocycles. The van der Waals surface area contributed by atoms with Crippen molar-refractivity contribution < 1.29 is 4.74 Å². The zero-order valence-corrected chi connectivity index (χ0v) is 11.7. The van der Waals surface area contributed by atoms with E-state index in [2.05, 4.69) is 26.1 Å². The highest BCUT2D eigenvalue weighted by Crippen LogP contribution is 2.31. The fourth-order valence-electron chi connectivity index (χ4n) is 3.51. The molecular formula is C14H24N4O. The Morgan fingerprint density at radius 2 is 2.16 bits per heavy atom. The molecule has 5 heteroatoms. The normalized spacial score (nSPS) is 28.7. The Labute approximate surface area is 114 Å². The Hall–Kier alpha value is -0.910. The second kappa shape index (κ2) is 6.03. The van der Waals surface area contributed by atoms with E-state index >= 15 is 0 Å². The molecule has 106 valence electrons. The first-order valence-corrected chi connectivity index (χ1v) is 7.27. The third-order valence-corrected chi connectivity index (χ3v) is 4.52. The second-order valence-electron chi connectivity index (χ2n) is 5.88. The highest BCUT2D eigenvalue weighted by molar-refractivity contribution is 4.99. The quantitative estimate of drug-likeness (QED) is 0.855. The van der Waals surface area contributed by atoms with Gasteiger partial charge in [-0.15, -0.1) is 0 Å². The number of fused-ring (bicyclic) bond motifs is 1. The summed E-state index contributed by atoms with van der Waals surface area (Å²) in [4.78, 5) is 5.13. The molecular weight excluding hydrogens is 240 g/mol. The third kappa shape index (κ3) is 3.16. The SMILES string of the molecule is COCCN1CC[C@H]2CN(Cc3ccn[nH]3)C[C@H]2C1. The minimum absolute atomic E-state index is 0.841. The first kappa shape index (κ1) is 13.1. The first-order chi connectivity index (χ1) is 9.35. The van der Waals surface area contributed by atoms with Crippen molar-refractivity contribution >= 4 is 0 Å². The zero-order valence-electron chi connectivity index (χ0n) is 11.7. The number of likely N-dealkylation sites (tertiary alicyclic amines) is 2. The number of hydrogen-bond acceptors (Lipinski definition) is 4. The van der Waals surface area contributed by atoms with Gasteiger partial charge in [-0.1, -0.05) is 0 Å². The summed E-state index contributed by atoms with van der Waals surface area (Å²) in [6.45, 7) is 7.92. The van der Waals surface area contributed by atoms with Crippen LogP contribution in [-0.2, 0) is 11.3 Å². The molecule has 2 saturated heterocycles. The van der Waals surface area contributed by atoms with Gasteiger partial charge in [0.2, 0.25) is 0 Å². The summed E-state index contributed by atoms with van der Waals surface area (Å²) in [5.74, 6) is 1.73. The lowest BCUT2D eigenvalue weighted by molar-refractivity contribution is 0.102. The van der Waals surface area contributed by atoms with Crippen molar-refractivity contribution in [2.75, 3.05) is 46.4 Å². The fraction of sp³-hybridized carbons (Fsp3) is 0.786. The topological polar surface area (TPSA) is 44.4 Å². The molecule has 0 spiro atoms. The van der Waals surface area contributed by atoms with Crippen LogP contribution in [0.2, 0.25) is 0 Å². The van der Waals surface area contributed by atoms with E-state index in [0.29, 0.717) is 0 Å². The van der Waals surface area contributed by atoms with Gasteiger partial charge in [-0.3, -0.25) is 10.00 Å². The number of nitrogens with zero attached hydrogens (tertiary/aromatic N) is 3. The summed E-state index contributed by atoms with van der Waals surface area (Å²) in [7, 11) is 1.79. The van der Waals surface area contributed by atoms with Gasteiger partial charge in [-0.05, 0) is 30.9 Å². The van der Waals surface area contributed by atoms with Crippen LogP contribution in [0.3, 0.4) is 0 Å². The molecule has 2 fully saturated rings. The molecule has 19 heavy (non-hydrogen) atoms. The van der Waals surface area contributed by atoms with Crippen LogP contribution in [0.4, 0.5) is 0 Å². The van der Waals surface area contributed by atoms with Gasteiger partial charge in [0.05, 0.1) is 6.61 Å². The Balaban J connectivity index is 1.50. The molecule has 0 amide bonds. The molecule has 1 N–H and O–H groups in total. The molecule has 3 heterocycles. The number of hydrogen-bond donors (Lipinski definition) is 1. The van der Waals surface area contributed by atoms with Crippen molar-refractivity contribution in [2.45, 2.75) is 13.0 Å². The number of methoxy groups -OCH3 is 1. The Bertz CT molecular complexity index is 381. The highest BCUT2D eigenvalue weighted by Gasteiger charge is 2.36. The summed E-state index contributed by atoms with van der Waals surface area (Å²) >= 11 is 0. The molecule has 5 nitrogen and oxygen atoms in total. The number of aromatic amines is 1. The van der Waals surface area contributed by atoms with E-state index < -0.39 is 0 Å². The maximum Gasteiger partial charge on any atom is 0.0589 e. The van der Waals surface area contributed by atoms with E-state index in [1.165, 1.54) is 38.3 Å². The maximum atomic E-state index is 5.18. The predicted octanol–water partition coefficient (Wildman–Crippen LogP) is 0.810. The number of ether oxygens (including phenoxy) is 1. The zero-order chi connectivity index (χ0) is 13.1. The predicted molar refractivity (Wildman–Crippen MR) is 73.8 cm³/mol. The van der Waals surface area contributed by atoms with E-state index in [0.717, 1.165) is 31.5 Å². The van der Waals surface area contributed by atoms with E-state index in [9.17, 15) is 0 Å². The van der Waals surface area contributed by atoms with Crippen LogP contribution in [0.5, 0.6) is 0 Å². The second-order valence-corrected chi connectivity index (χ2v) is 5.88. The van der Waals surface area contributed by atoms with Crippen LogP contribution >= 0.6 is 0 Å². The average Bonchev–Trinajstić information content (AvgIpc) is 3.04. The molecule has 2 atom stereocenters. The molecule has 3 rings (SSSR count). The molecule has 0 unspecified atom stereocenters. The van der Waals surface area contributed by atoms with Gasteiger partial charge in [-0.2, -0.15) is 5.10 Å². The molecule has 2 aliphatic heterocycles. The van der Waals surface area contributed by atoms with E-state index in [1.807, 2.05) is 6.20 Å². The number of piperidine rings is 1. The minimum atomic E-state index is 0.841. The first-order valence-electron chi connectivity index (χ1n) is 7.27. The number of rotatable bonds is 5. The van der Waals surface area contributed by atoms with Crippen LogP contribution < -0.4 is 0 Å². The number of aromatic nitrogens is 2. The van der Waals surface area contributed by atoms with Crippen molar-refractivity contribution in [3.8, 4) is 0 Å². The summed E-state index contributed by atoms with van der Waals surface area (Å²) in [6.07, 6.45) is 3.18. The average molecular weight is 264 g/mol. The summed E-state index contributed by atoms with van der Waals surface area (Å²) in [6, 6.07) is 2.08. The molecule has 0 radical (unpaired) electrons. The highest BCUT2D eigenvalue weighted by atomic mass is 16.5. The summed E-state index contributed by atoms with van der Waals surface area (Å²) in [5, 5.41) is 7.09. The van der Waals surface area contributed by atoms with E-state index in [1.54, 1.807) is 7.11 Å². The van der Waals surface area contributed by atoms with Crippen molar-refractivity contribution in [1.29, 1.82) is 0 Å². The molecule has 1 aromatic heterocycles. The Kier molecular flexibility index (Phi) is 4.15. The van der Waals surface area contributed by atoms with Crippen LogP contribution in [0.25, 0.3) is 0 Å². The monoisotopic (exact) mass is 264 g/mol. The Morgan fingerprint density at radius 1 is 1.32 bits per heavy atom. The smallest absolute Gasteiger partial charge is 0.0589 e. The van der Waals surface area contributed by atoms with Crippen LogP contribution in [0.15, 0.2) is 12.3 Å². The van der Waals surface area contributed by atoms with E-state index in [4.69, 9.17) is 4.74 Å². The van der Waals surface area contributed by atoms with Gasteiger partial charge in [0.15, 0.2) is 0 Å². The van der Waals surface area contributed by atoms with E-state index in [-0.39, 0.29) is 0 Å². The van der Waals surface area contributed by atoms with Gasteiger partial charge < -0.3 is 9.64 Å². The number of H-pyrrole nitrogens is 1. The minimum Gasteiger partial charge on any atom is -0.383 e. The van der Waals surface area contributed by atoms with Gasteiger partial charge in [-0.25, -0.2) is 0 Å². The van der Waals surface area contributed by atoms with Crippen molar-refractivity contribution in [1.82, 2.24) is 20.0 Å². The molecule has 0 saturated carbocycles. The van der Waals surface area contributed by atoms with Crippen molar-refractivity contribution in [2.24, 2.45) is 11.8 Å². The van der Waals surface area contributed by atoms with Gasteiger partial charge in [0, 0.05) is 51.7 Å². The molecule has 0 aliphatic carbocycles. The van der Waals surface area contributed by atoms with Gasteiger partial charge in [0.25, 0.3) is 0 Å². The van der Waals surface area contributed by atoms with Crippen molar-refractivity contribution in [3.63, 3.8) is 0 Å². The molecule has 2 aliphatic rings. The maximum absolute atomic E-state index is 5.18. The largest absolute Gasteiger partial charge is 0.383 e. The standard InChI is InChI=1S/C14H24N4O/c1-19-7-6-17-5-3-12-8-18(10-13(12)9-17)11-14-2-4-15-16-14/h2,4,12-13H,3,5-11H2,1H3,(H,15,16)/t12-,13+/m0/s1. The van der Waals surface area contributed by atoms with Crippen LogP contribution in [0, 0.1) is 11.8 Å². The lowest BCUT2D eigenvalue weighted by Crippen LogP contribution is -2.41.